The highest BCUT2D eigenvalue weighted by atomic mass is 19.4. The molecule has 90 valence electrons. The van der Waals surface area contributed by atoms with E-state index in [0.717, 1.165) is 6.07 Å². The van der Waals surface area contributed by atoms with Gasteiger partial charge in [-0.2, -0.15) is 13.2 Å². The zero-order valence-corrected chi connectivity index (χ0v) is 9.52. The molecule has 0 atom stereocenters. The van der Waals surface area contributed by atoms with Crippen LogP contribution < -0.4 is 0 Å². The topological polar surface area (TPSA) is 20.2 Å². The third-order valence-corrected chi connectivity index (χ3v) is 2.38. The summed E-state index contributed by atoms with van der Waals surface area (Å²) in [5.74, 6) is 0. The molecule has 16 heavy (non-hydrogen) atoms. The Morgan fingerprint density at radius 1 is 1.06 bits per heavy atom. The fourth-order valence-electron chi connectivity index (χ4n) is 1.58. The SMILES string of the molecule is CC(C)(C)c1ccc(CO)cc1C(F)(F)F. The Labute approximate surface area is 92.9 Å². The molecule has 1 rings (SSSR count). The predicted octanol–water partition coefficient (Wildman–Crippen LogP) is 3.50. The number of aliphatic hydroxyl groups excluding tert-OH is 1. The van der Waals surface area contributed by atoms with Crippen LogP contribution in [0.2, 0.25) is 0 Å². The molecule has 1 N–H and O–H groups in total. The lowest BCUT2D eigenvalue weighted by Gasteiger charge is -2.24. The molecule has 0 spiro atoms. The fraction of sp³-hybridized carbons (Fsp3) is 0.500. The van der Waals surface area contributed by atoms with Crippen molar-refractivity contribution < 1.29 is 18.3 Å². The summed E-state index contributed by atoms with van der Waals surface area (Å²) in [5.41, 5.74) is -0.706. The van der Waals surface area contributed by atoms with Crippen molar-refractivity contribution in [1.29, 1.82) is 0 Å². The molecular weight excluding hydrogens is 217 g/mol. The Kier molecular flexibility index (Phi) is 3.33. The maximum atomic E-state index is 12.8. The number of hydrogen-bond donors (Lipinski definition) is 1. The summed E-state index contributed by atoms with van der Waals surface area (Å²) >= 11 is 0. The molecule has 1 aromatic carbocycles. The van der Waals surface area contributed by atoms with Crippen molar-refractivity contribution in [3.8, 4) is 0 Å². The van der Waals surface area contributed by atoms with Gasteiger partial charge in [-0.3, -0.25) is 0 Å². The van der Waals surface area contributed by atoms with Crippen LogP contribution in [-0.4, -0.2) is 5.11 Å². The third-order valence-electron chi connectivity index (χ3n) is 2.38. The monoisotopic (exact) mass is 232 g/mol. The Hall–Kier alpha value is -1.03. The van der Waals surface area contributed by atoms with Gasteiger partial charge in [0.05, 0.1) is 12.2 Å². The van der Waals surface area contributed by atoms with E-state index in [1.165, 1.54) is 12.1 Å². The van der Waals surface area contributed by atoms with Gasteiger partial charge in [0.25, 0.3) is 0 Å². The van der Waals surface area contributed by atoms with Gasteiger partial charge in [0.1, 0.15) is 0 Å². The van der Waals surface area contributed by atoms with Gasteiger partial charge in [-0.25, -0.2) is 0 Å². The molecule has 0 bridgehead atoms. The van der Waals surface area contributed by atoms with Crippen molar-refractivity contribution in [2.45, 2.75) is 39.0 Å². The van der Waals surface area contributed by atoms with Gasteiger partial charge in [-0.1, -0.05) is 32.9 Å². The van der Waals surface area contributed by atoms with Gasteiger partial charge >= 0.3 is 6.18 Å². The van der Waals surface area contributed by atoms with Crippen LogP contribution in [0.3, 0.4) is 0 Å². The van der Waals surface area contributed by atoms with Gasteiger partial charge in [-0.15, -0.1) is 0 Å². The highest BCUT2D eigenvalue weighted by Gasteiger charge is 2.36. The number of hydrogen-bond acceptors (Lipinski definition) is 1. The summed E-state index contributed by atoms with van der Waals surface area (Å²) in [7, 11) is 0. The Morgan fingerprint density at radius 3 is 2.00 bits per heavy atom. The quantitative estimate of drug-likeness (QED) is 0.785. The molecule has 0 aromatic heterocycles. The minimum Gasteiger partial charge on any atom is -0.392 e. The molecule has 0 amide bonds. The van der Waals surface area contributed by atoms with Crippen molar-refractivity contribution in [3.05, 3.63) is 34.9 Å². The number of alkyl halides is 3. The van der Waals surface area contributed by atoms with Gasteiger partial charge in [-0.05, 0) is 22.6 Å². The normalized spacial score (nSPS) is 12.9. The number of halogens is 3. The number of aliphatic hydroxyl groups is 1. The summed E-state index contributed by atoms with van der Waals surface area (Å²) in [6.45, 7) is 4.82. The molecule has 0 aliphatic rings. The van der Waals surface area contributed by atoms with E-state index < -0.39 is 17.2 Å². The van der Waals surface area contributed by atoms with Crippen LogP contribution in [-0.2, 0) is 18.2 Å². The second kappa shape index (κ2) is 4.09. The zero-order valence-electron chi connectivity index (χ0n) is 9.52. The average molecular weight is 232 g/mol. The summed E-state index contributed by atoms with van der Waals surface area (Å²) in [6.07, 6.45) is -4.38. The largest absolute Gasteiger partial charge is 0.416 e. The lowest BCUT2D eigenvalue weighted by Crippen LogP contribution is -2.19. The molecule has 0 saturated carbocycles. The first kappa shape index (κ1) is 13.0. The Balaban J connectivity index is 3.40. The van der Waals surface area contributed by atoms with Gasteiger partial charge in [0.2, 0.25) is 0 Å². The Morgan fingerprint density at radius 2 is 1.62 bits per heavy atom. The van der Waals surface area contributed by atoms with Crippen LogP contribution >= 0.6 is 0 Å². The van der Waals surface area contributed by atoms with E-state index in [1.807, 2.05) is 0 Å². The molecule has 0 unspecified atom stereocenters. The highest BCUT2D eigenvalue weighted by Crippen LogP contribution is 2.37. The van der Waals surface area contributed by atoms with E-state index in [-0.39, 0.29) is 17.7 Å². The molecule has 4 heteroatoms. The predicted molar refractivity (Wildman–Crippen MR) is 56.1 cm³/mol. The van der Waals surface area contributed by atoms with E-state index in [0.29, 0.717) is 0 Å². The molecule has 0 aliphatic heterocycles. The van der Waals surface area contributed by atoms with Crippen LogP contribution in [0, 0.1) is 0 Å². The van der Waals surface area contributed by atoms with Crippen molar-refractivity contribution in [3.63, 3.8) is 0 Å². The first-order chi connectivity index (χ1) is 7.16. The zero-order chi connectivity index (χ0) is 12.6. The van der Waals surface area contributed by atoms with Crippen LogP contribution in [0.5, 0.6) is 0 Å². The van der Waals surface area contributed by atoms with Crippen molar-refractivity contribution in [1.82, 2.24) is 0 Å². The lowest BCUT2D eigenvalue weighted by molar-refractivity contribution is -0.138. The van der Waals surface area contributed by atoms with Gasteiger partial charge in [0, 0.05) is 0 Å². The van der Waals surface area contributed by atoms with Crippen LogP contribution in [0.1, 0.15) is 37.5 Å². The maximum absolute atomic E-state index is 12.8. The van der Waals surface area contributed by atoms with Gasteiger partial charge < -0.3 is 5.11 Å². The Bertz CT molecular complexity index is 375. The third kappa shape index (κ3) is 2.76. The second-order valence-corrected chi connectivity index (χ2v) is 4.79. The first-order valence-corrected chi connectivity index (χ1v) is 4.97. The molecule has 1 nitrogen and oxygen atoms in total. The molecule has 0 fully saturated rings. The minimum absolute atomic E-state index is 0.247. The number of benzene rings is 1. The van der Waals surface area contributed by atoms with E-state index >= 15 is 0 Å². The standard InChI is InChI=1S/C12H15F3O/c1-11(2,3)9-5-4-8(7-16)6-10(9)12(13,14)15/h4-6,16H,7H2,1-3H3. The van der Waals surface area contributed by atoms with E-state index in [4.69, 9.17) is 5.11 Å². The molecule has 0 saturated heterocycles. The molecule has 0 radical (unpaired) electrons. The average Bonchev–Trinajstić information content (AvgIpc) is 2.14. The van der Waals surface area contributed by atoms with E-state index in [9.17, 15) is 13.2 Å². The van der Waals surface area contributed by atoms with Crippen LogP contribution in [0.15, 0.2) is 18.2 Å². The van der Waals surface area contributed by atoms with Crippen LogP contribution in [0.25, 0.3) is 0 Å². The van der Waals surface area contributed by atoms with E-state index in [1.54, 1.807) is 20.8 Å². The maximum Gasteiger partial charge on any atom is 0.416 e. The summed E-state index contributed by atoms with van der Waals surface area (Å²) in [5, 5.41) is 8.85. The minimum atomic E-state index is -4.38. The number of rotatable bonds is 1. The van der Waals surface area contributed by atoms with Crippen molar-refractivity contribution >= 4 is 0 Å². The smallest absolute Gasteiger partial charge is 0.392 e. The summed E-state index contributed by atoms with van der Waals surface area (Å²) in [6, 6.07) is 3.98. The lowest BCUT2D eigenvalue weighted by atomic mass is 9.83. The summed E-state index contributed by atoms with van der Waals surface area (Å²) in [4.78, 5) is 0. The van der Waals surface area contributed by atoms with Gasteiger partial charge in [0.15, 0.2) is 0 Å². The molecule has 0 heterocycles. The van der Waals surface area contributed by atoms with Crippen molar-refractivity contribution in [2.75, 3.05) is 0 Å². The first-order valence-electron chi connectivity index (χ1n) is 4.97. The molecule has 1 aromatic rings. The molecular formula is C12H15F3O. The van der Waals surface area contributed by atoms with Crippen LogP contribution in [0.4, 0.5) is 13.2 Å². The molecule has 0 aliphatic carbocycles. The highest BCUT2D eigenvalue weighted by molar-refractivity contribution is 5.38. The van der Waals surface area contributed by atoms with E-state index in [2.05, 4.69) is 0 Å². The van der Waals surface area contributed by atoms with Crippen molar-refractivity contribution in [2.24, 2.45) is 0 Å². The summed E-state index contributed by atoms with van der Waals surface area (Å²) < 4.78 is 38.4. The second-order valence-electron chi connectivity index (χ2n) is 4.79. The fourth-order valence-corrected chi connectivity index (χ4v) is 1.58.